The third-order valence-electron chi connectivity index (χ3n) is 6.05. The molecule has 0 aliphatic carbocycles. The maximum atomic E-state index is 13.4. The van der Waals surface area contributed by atoms with Crippen LogP contribution in [0.1, 0.15) is 30.3 Å². The molecule has 1 atom stereocenters. The zero-order valence-electron chi connectivity index (χ0n) is 20.6. The molecule has 1 aliphatic rings. The van der Waals surface area contributed by atoms with Crippen molar-refractivity contribution in [2.45, 2.75) is 37.8 Å². The Bertz CT molecular complexity index is 1520. The number of amides is 1. The molecule has 0 saturated carbocycles. The summed E-state index contributed by atoms with van der Waals surface area (Å²) < 4.78 is 85.7. The lowest BCUT2D eigenvalue weighted by atomic mass is 10.1. The molecule has 15 heteroatoms. The van der Waals surface area contributed by atoms with Crippen molar-refractivity contribution in [2.24, 2.45) is 0 Å². The number of alkyl halides is 6. The van der Waals surface area contributed by atoms with E-state index >= 15 is 0 Å². The fourth-order valence-electron chi connectivity index (χ4n) is 4.22. The second kappa shape index (κ2) is 10.6. The molecule has 1 aliphatic heterocycles. The van der Waals surface area contributed by atoms with Crippen molar-refractivity contribution in [1.29, 1.82) is 0 Å². The second-order valence-corrected chi connectivity index (χ2v) is 8.99. The van der Waals surface area contributed by atoms with Crippen molar-refractivity contribution in [3.8, 4) is 17.0 Å². The maximum absolute atomic E-state index is 13.4. The number of nitrogens with zero attached hydrogens (tertiary/aromatic N) is 5. The number of hydrogen-bond donors (Lipinski definition) is 2. The summed E-state index contributed by atoms with van der Waals surface area (Å²) >= 11 is 0. The van der Waals surface area contributed by atoms with Crippen molar-refractivity contribution in [3.63, 3.8) is 0 Å². The van der Waals surface area contributed by atoms with Crippen LogP contribution in [0.4, 0.5) is 32.2 Å². The largest absolute Gasteiger partial charge is 0.483 e. The minimum absolute atomic E-state index is 0.0634. The summed E-state index contributed by atoms with van der Waals surface area (Å²) in [7, 11) is 0. The van der Waals surface area contributed by atoms with E-state index in [0.29, 0.717) is 18.2 Å². The molecule has 1 aromatic carbocycles. The highest BCUT2D eigenvalue weighted by Gasteiger charge is 2.32. The minimum atomic E-state index is -4.58. The van der Waals surface area contributed by atoms with Crippen LogP contribution in [0.5, 0.6) is 5.75 Å². The van der Waals surface area contributed by atoms with Gasteiger partial charge in [0.2, 0.25) is 0 Å². The Labute approximate surface area is 222 Å². The molecule has 1 amide bonds. The standard InChI is InChI=1S/C25H21F6N7O2/c26-24(27,28)12-38-13-34-21-20-15-4-1-2-6-17(15)40-11-19(39)32-9-3-5-16(22(36-20)37-23(21)38)35-18-8-7-14(10-33-18)25(29,30)31/h1-2,4,6-8,10,13,16H,3,5,9,11-12H2,(H,32,39)(H,33,35). The van der Waals surface area contributed by atoms with Gasteiger partial charge in [0.1, 0.15) is 29.3 Å². The Morgan fingerprint density at radius 1 is 1.05 bits per heavy atom. The molecule has 0 saturated heterocycles. The highest BCUT2D eigenvalue weighted by Crippen LogP contribution is 2.35. The summed E-state index contributed by atoms with van der Waals surface area (Å²) in [5, 5.41) is 5.71. The monoisotopic (exact) mass is 565 g/mol. The quantitative estimate of drug-likeness (QED) is 0.340. The van der Waals surface area contributed by atoms with Crippen LogP contribution in [-0.4, -0.2) is 49.7 Å². The van der Waals surface area contributed by atoms with Gasteiger partial charge in [-0.05, 0) is 37.1 Å². The average Bonchev–Trinajstić information content (AvgIpc) is 3.29. The van der Waals surface area contributed by atoms with Crippen LogP contribution in [0.15, 0.2) is 48.9 Å². The first-order valence-electron chi connectivity index (χ1n) is 12.1. The van der Waals surface area contributed by atoms with Crippen LogP contribution in [0.25, 0.3) is 22.4 Å². The van der Waals surface area contributed by atoms with E-state index in [4.69, 9.17) is 4.74 Å². The fourth-order valence-corrected chi connectivity index (χ4v) is 4.22. The molecule has 5 rings (SSSR count). The van der Waals surface area contributed by atoms with Crippen LogP contribution < -0.4 is 15.4 Å². The lowest BCUT2D eigenvalue weighted by Gasteiger charge is -2.20. The third kappa shape index (κ3) is 6.07. The van der Waals surface area contributed by atoms with Gasteiger partial charge in [0.25, 0.3) is 5.91 Å². The van der Waals surface area contributed by atoms with Crippen LogP contribution >= 0.6 is 0 Å². The van der Waals surface area contributed by atoms with Gasteiger partial charge in [0, 0.05) is 18.3 Å². The van der Waals surface area contributed by atoms with Gasteiger partial charge in [-0.2, -0.15) is 26.3 Å². The predicted molar refractivity (Wildman–Crippen MR) is 130 cm³/mol. The number of anilines is 1. The topological polar surface area (TPSA) is 107 Å². The molecule has 1 unspecified atom stereocenters. The smallest absolute Gasteiger partial charge is 0.417 e. The van der Waals surface area contributed by atoms with Gasteiger partial charge in [0.05, 0.1) is 17.9 Å². The van der Waals surface area contributed by atoms with Gasteiger partial charge in [-0.3, -0.25) is 4.79 Å². The zero-order chi connectivity index (χ0) is 28.5. The zero-order valence-corrected chi connectivity index (χ0v) is 20.6. The minimum Gasteiger partial charge on any atom is -0.483 e. The number of pyridine rings is 1. The highest BCUT2D eigenvalue weighted by molar-refractivity contribution is 5.89. The van der Waals surface area contributed by atoms with Gasteiger partial charge < -0.3 is 19.9 Å². The Hall–Kier alpha value is -4.43. The number of carbonyl (C=O) groups excluding carboxylic acids is 1. The summed E-state index contributed by atoms with van der Waals surface area (Å²) in [4.78, 5) is 29.4. The van der Waals surface area contributed by atoms with Crippen LogP contribution in [0.3, 0.4) is 0 Å². The molecular weight excluding hydrogens is 544 g/mol. The second-order valence-electron chi connectivity index (χ2n) is 8.99. The number of benzene rings is 1. The van der Waals surface area contributed by atoms with Crippen molar-refractivity contribution in [3.05, 3.63) is 60.3 Å². The average molecular weight is 565 g/mol. The Morgan fingerprint density at radius 3 is 2.58 bits per heavy atom. The molecule has 4 aromatic rings. The number of carbonyl (C=O) groups is 1. The van der Waals surface area contributed by atoms with Crippen molar-refractivity contribution < 1.29 is 35.9 Å². The molecule has 4 heterocycles. The van der Waals surface area contributed by atoms with Gasteiger partial charge in [-0.15, -0.1) is 0 Å². The first-order chi connectivity index (χ1) is 19.0. The number of nitrogens with one attached hydrogen (secondary N) is 2. The van der Waals surface area contributed by atoms with Gasteiger partial charge in [-0.1, -0.05) is 12.1 Å². The Morgan fingerprint density at radius 2 is 1.85 bits per heavy atom. The molecule has 2 bridgehead atoms. The Balaban J connectivity index is 1.65. The van der Waals surface area contributed by atoms with Crippen molar-refractivity contribution >= 4 is 22.9 Å². The third-order valence-corrected chi connectivity index (χ3v) is 6.05. The molecule has 0 spiro atoms. The lowest BCUT2D eigenvalue weighted by Crippen LogP contribution is -2.30. The van der Waals surface area contributed by atoms with E-state index in [9.17, 15) is 31.1 Å². The van der Waals surface area contributed by atoms with Crippen LogP contribution in [0, 0.1) is 0 Å². The summed E-state index contributed by atoms with van der Waals surface area (Å²) in [6, 6.07) is 7.75. The van der Waals surface area contributed by atoms with E-state index in [1.165, 1.54) is 0 Å². The summed E-state index contributed by atoms with van der Waals surface area (Å²) in [5.41, 5.74) is -0.420. The highest BCUT2D eigenvalue weighted by atomic mass is 19.4. The number of para-hydroxylation sites is 1. The number of fused-ring (bicyclic) bond motifs is 6. The number of hydrogen-bond acceptors (Lipinski definition) is 7. The van der Waals surface area contributed by atoms with E-state index in [0.717, 1.165) is 23.0 Å². The SMILES string of the molecule is O=C1COc2ccccc2-c2nc(nc3c2ncn3CC(F)(F)F)C(Nc2ccc(C(F)(F)F)cn2)CCCN1. The van der Waals surface area contributed by atoms with Crippen LogP contribution in [0.2, 0.25) is 0 Å². The number of rotatable bonds is 3. The van der Waals surface area contributed by atoms with Crippen LogP contribution in [-0.2, 0) is 17.5 Å². The lowest BCUT2D eigenvalue weighted by molar-refractivity contribution is -0.140. The van der Waals surface area contributed by atoms with Gasteiger partial charge in [-0.25, -0.2) is 19.9 Å². The van der Waals surface area contributed by atoms with E-state index in [1.54, 1.807) is 24.3 Å². The number of halogens is 6. The Kier molecular flexibility index (Phi) is 7.21. The first-order valence-corrected chi connectivity index (χ1v) is 12.1. The molecule has 2 N–H and O–H groups in total. The van der Waals surface area contributed by atoms with Crippen molar-refractivity contribution in [1.82, 2.24) is 29.8 Å². The number of imidazole rings is 1. The molecule has 0 radical (unpaired) electrons. The van der Waals surface area contributed by atoms with E-state index < -0.39 is 30.5 Å². The molecular formula is C25H21F6N7O2. The molecule has 40 heavy (non-hydrogen) atoms. The predicted octanol–water partition coefficient (Wildman–Crippen LogP) is 4.91. The molecule has 210 valence electrons. The molecule has 0 fully saturated rings. The van der Waals surface area contributed by atoms with Gasteiger partial charge in [0.15, 0.2) is 18.1 Å². The van der Waals surface area contributed by atoms with Gasteiger partial charge >= 0.3 is 12.4 Å². The maximum Gasteiger partial charge on any atom is 0.417 e. The molecule has 9 nitrogen and oxygen atoms in total. The van der Waals surface area contributed by atoms with E-state index in [1.807, 2.05) is 0 Å². The summed E-state index contributed by atoms with van der Waals surface area (Å²) in [6.07, 6.45) is -6.83. The molecule has 3 aromatic heterocycles. The fraction of sp³-hybridized carbons (Fsp3) is 0.320. The normalized spacial score (nSPS) is 16.6. The summed E-state index contributed by atoms with van der Waals surface area (Å²) in [5.74, 6) is 0.000116. The number of ether oxygens (including phenoxy) is 1. The van der Waals surface area contributed by atoms with E-state index in [-0.39, 0.29) is 59.7 Å². The summed E-state index contributed by atoms with van der Waals surface area (Å²) in [6.45, 7) is -1.43. The van der Waals surface area contributed by atoms with Crippen molar-refractivity contribution in [2.75, 3.05) is 18.5 Å². The number of aromatic nitrogens is 5. The van der Waals surface area contributed by atoms with E-state index in [2.05, 4.69) is 30.6 Å². The first kappa shape index (κ1) is 27.1.